The van der Waals surface area contributed by atoms with E-state index in [1.165, 1.54) is 26.4 Å². The first-order valence-corrected chi connectivity index (χ1v) is 5.75. The van der Waals surface area contributed by atoms with E-state index in [0.29, 0.717) is 23.9 Å². The second-order valence-electron chi connectivity index (χ2n) is 4.11. The SMILES string of the molecule is COc1cc(C(=O)O)cc(OC)c1OCC=C(C)C. The van der Waals surface area contributed by atoms with Crippen molar-refractivity contribution in [3.63, 3.8) is 0 Å². The van der Waals surface area contributed by atoms with Crippen LogP contribution in [0.2, 0.25) is 0 Å². The fraction of sp³-hybridized carbons (Fsp3) is 0.357. The van der Waals surface area contributed by atoms with Gasteiger partial charge in [0.25, 0.3) is 0 Å². The number of carboxylic acids is 1. The topological polar surface area (TPSA) is 65.0 Å². The summed E-state index contributed by atoms with van der Waals surface area (Å²) in [5.41, 5.74) is 1.21. The highest BCUT2D eigenvalue weighted by Gasteiger charge is 2.16. The minimum Gasteiger partial charge on any atom is -0.493 e. The largest absolute Gasteiger partial charge is 0.493 e. The van der Waals surface area contributed by atoms with Crippen LogP contribution >= 0.6 is 0 Å². The molecule has 1 aromatic carbocycles. The summed E-state index contributed by atoms with van der Waals surface area (Å²) in [7, 11) is 2.91. The molecule has 0 aliphatic rings. The van der Waals surface area contributed by atoms with Crippen LogP contribution in [0.5, 0.6) is 17.2 Å². The number of methoxy groups -OCH3 is 2. The summed E-state index contributed by atoms with van der Waals surface area (Å²) in [6.07, 6.45) is 1.91. The number of aromatic carboxylic acids is 1. The fourth-order valence-electron chi connectivity index (χ4n) is 1.44. The first kappa shape index (κ1) is 14.9. The summed E-state index contributed by atoms with van der Waals surface area (Å²) in [6.45, 7) is 4.29. The molecule has 0 amide bonds. The van der Waals surface area contributed by atoms with Gasteiger partial charge >= 0.3 is 5.97 Å². The smallest absolute Gasteiger partial charge is 0.335 e. The fourth-order valence-corrected chi connectivity index (χ4v) is 1.44. The Kier molecular flexibility index (Phi) is 5.23. The minimum absolute atomic E-state index is 0.0864. The van der Waals surface area contributed by atoms with Crippen molar-refractivity contribution in [3.05, 3.63) is 29.3 Å². The van der Waals surface area contributed by atoms with Gasteiger partial charge in [0.1, 0.15) is 6.61 Å². The van der Waals surface area contributed by atoms with Crippen molar-refractivity contribution < 1.29 is 24.1 Å². The number of allylic oxidation sites excluding steroid dienone is 1. The Labute approximate surface area is 112 Å². The van der Waals surface area contributed by atoms with E-state index in [1.807, 2.05) is 19.9 Å². The molecule has 5 heteroatoms. The number of ether oxygens (including phenoxy) is 3. The van der Waals surface area contributed by atoms with Crippen LogP contribution in [0.3, 0.4) is 0 Å². The number of hydrogen-bond donors (Lipinski definition) is 1. The zero-order valence-electron chi connectivity index (χ0n) is 11.5. The van der Waals surface area contributed by atoms with Gasteiger partial charge < -0.3 is 19.3 Å². The molecule has 0 spiro atoms. The maximum atomic E-state index is 11.0. The lowest BCUT2D eigenvalue weighted by Crippen LogP contribution is -2.03. The average molecular weight is 266 g/mol. The molecule has 1 N–H and O–H groups in total. The number of rotatable bonds is 6. The molecule has 1 aromatic rings. The Morgan fingerprint density at radius 3 is 2.11 bits per heavy atom. The van der Waals surface area contributed by atoms with Gasteiger partial charge in [0, 0.05) is 0 Å². The van der Waals surface area contributed by atoms with Crippen LogP contribution < -0.4 is 14.2 Å². The summed E-state index contributed by atoms with van der Waals surface area (Å²) in [6, 6.07) is 2.81. The standard InChI is InChI=1S/C14H18O5/c1-9(2)5-6-19-13-11(17-3)7-10(14(15)16)8-12(13)18-4/h5,7-8H,6H2,1-4H3,(H,15,16). The van der Waals surface area contributed by atoms with Crippen molar-refractivity contribution in [1.29, 1.82) is 0 Å². The lowest BCUT2D eigenvalue weighted by atomic mass is 10.2. The van der Waals surface area contributed by atoms with Crippen molar-refractivity contribution in [2.45, 2.75) is 13.8 Å². The lowest BCUT2D eigenvalue weighted by Gasteiger charge is -2.14. The summed E-state index contributed by atoms with van der Waals surface area (Å²) in [4.78, 5) is 11.0. The average Bonchev–Trinajstić information content (AvgIpc) is 2.37. The predicted molar refractivity (Wildman–Crippen MR) is 71.4 cm³/mol. The van der Waals surface area contributed by atoms with Gasteiger partial charge in [0.2, 0.25) is 5.75 Å². The Bertz CT molecular complexity index is 462. The van der Waals surface area contributed by atoms with Gasteiger partial charge in [-0.25, -0.2) is 4.79 Å². The second kappa shape index (κ2) is 6.68. The predicted octanol–water partition coefficient (Wildman–Crippen LogP) is 2.75. The monoisotopic (exact) mass is 266 g/mol. The van der Waals surface area contributed by atoms with E-state index in [2.05, 4.69) is 0 Å². The van der Waals surface area contributed by atoms with Crippen LogP contribution in [0.15, 0.2) is 23.8 Å². The highest BCUT2D eigenvalue weighted by molar-refractivity contribution is 5.89. The molecule has 0 aromatic heterocycles. The van der Waals surface area contributed by atoms with E-state index >= 15 is 0 Å². The van der Waals surface area contributed by atoms with Gasteiger partial charge in [-0.3, -0.25) is 0 Å². The quantitative estimate of drug-likeness (QED) is 0.802. The van der Waals surface area contributed by atoms with Crippen LogP contribution in [0.4, 0.5) is 0 Å². The van der Waals surface area contributed by atoms with Gasteiger partial charge in [0.05, 0.1) is 19.8 Å². The first-order chi connectivity index (χ1) is 8.99. The maximum Gasteiger partial charge on any atom is 0.335 e. The Hall–Kier alpha value is -2.17. The molecular formula is C14H18O5. The molecule has 104 valence electrons. The maximum absolute atomic E-state index is 11.0. The molecular weight excluding hydrogens is 248 g/mol. The Balaban J connectivity index is 3.13. The number of hydrogen-bond acceptors (Lipinski definition) is 4. The summed E-state index contributed by atoms with van der Waals surface area (Å²) >= 11 is 0. The van der Waals surface area contributed by atoms with Crippen LogP contribution in [-0.2, 0) is 0 Å². The molecule has 0 unspecified atom stereocenters. The molecule has 0 heterocycles. The highest BCUT2D eigenvalue weighted by Crippen LogP contribution is 2.38. The van der Waals surface area contributed by atoms with Crippen molar-refractivity contribution >= 4 is 5.97 Å². The zero-order valence-corrected chi connectivity index (χ0v) is 11.5. The Morgan fingerprint density at radius 2 is 1.74 bits per heavy atom. The van der Waals surface area contributed by atoms with E-state index < -0.39 is 5.97 Å². The molecule has 19 heavy (non-hydrogen) atoms. The third-order valence-electron chi connectivity index (χ3n) is 2.43. The normalized spacial score (nSPS) is 9.68. The van der Waals surface area contributed by atoms with Crippen molar-refractivity contribution in [1.82, 2.24) is 0 Å². The summed E-state index contributed by atoms with van der Waals surface area (Å²) in [5.74, 6) is 0.0118. The van der Waals surface area contributed by atoms with Crippen molar-refractivity contribution in [2.75, 3.05) is 20.8 Å². The molecule has 1 rings (SSSR count). The third-order valence-corrected chi connectivity index (χ3v) is 2.43. The van der Waals surface area contributed by atoms with Crippen molar-refractivity contribution in [3.8, 4) is 17.2 Å². The summed E-state index contributed by atoms with van der Waals surface area (Å²) in [5, 5.41) is 9.00. The number of carboxylic acid groups (broad SMARTS) is 1. The lowest BCUT2D eigenvalue weighted by molar-refractivity contribution is 0.0696. The molecule has 0 radical (unpaired) electrons. The van der Waals surface area contributed by atoms with Gasteiger partial charge in [-0.2, -0.15) is 0 Å². The third kappa shape index (κ3) is 3.91. The van der Waals surface area contributed by atoms with E-state index in [1.54, 1.807) is 0 Å². The summed E-state index contributed by atoms with van der Waals surface area (Å²) < 4.78 is 15.9. The second-order valence-corrected chi connectivity index (χ2v) is 4.11. The van der Waals surface area contributed by atoms with Gasteiger partial charge in [0.15, 0.2) is 11.5 Å². The first-order valence-electron chi connectivity index (χ1n) is 5.75. The van der Waals surface area contributed by atoms with E-state index in [4.69, 9.17) is 19.3 Å². The molecule has 0 aliphatic heterocycles. The zero-order chi connectivity index (χ0) is 14.4. The van der Waals surface area contributed by atoms with Crippen LogP contribution in [-0.4, -0.2) is 31.9 Å². The van der Waals surface area contributed by atoms with E-state index in [-0.39, 0.29) is 5.56 Å². The molecule has 0 saturated heterocycles. The molecule has 0 atom stereocenters. The van der Waals surface area contributed by atoms with Gasteiger partial charge in [-0.15, -0.1) is 0 Å². The van der Waals surface area contributed by atoms with Crippen LogP contribution in [0, 0.1) is 0 Å². The van der Waals surface area contributed by atoms with Gasteiger partial charge in [-0.1, -0.05) is 5.57 Å². The minimum atomic E-state index is -1.05. The van der Waals surface area contributed by atoms with Gasteiger partial charge in [-0.05, 0) is 32.1 Å². The molecule has 5 nitrogen and oxygen atoms in total. The molecule has 0 fully saturated rings. The van der Waals surface area contributed by atoms with Crippen LogP contribution in [0.1, 0.15) is 24.2 Å². The number of carbonyl (C=O) groups is 1. The Morgan fingerprint density at radius 1 is 1.21 bits per heavy atom. The number of benzene rings is 1. The molecule has 0 aliphatic carbocycles. The van der Waals surface area contributed by atoms with Crippen molar-refractivity contribution in [2.24, 2.45) is 0 Å². The van der Waals surface area contributed by atoms with E-state index in [9.17, 15) is 4.79 Å². The van der Waals surface area contributed by atoms with Crippen LogP contribution in [0.25, 0.3) is 0 Å². The highest BCUT2D eigenvalue weighted by atomic mass is 16.5. The van der Waals surface area contributed by atoms with E-state index in [0.717, 1.165) is 5.57 Å². The molecule has 0 bridgehead atoms. The molecule has 0 saturated carbocycles.